The lowest BCUT2D eigenvalue weighted by molar-refractivity contribution is 0.324. The van der Waals surface area contributed by atoms with Crippen molar-refractivity contribution < 1.29 is 14.2 Å². The first-order chi connectivity index (χ1) is 13.6. The number of nitrogens with zero attached hydrogens (tertiary/aromatic N) is 5. The Morgan fingerprint density at radius 1 is 1.00 bits per heavy atom. The number of benzene rings is 1. The molecule has 0 spiro atoms. The van der Waals surface area contributed by atoms with Crippen molar-refractivity contribution in [2.24, 2.45) is 0 Å². The summed E-state index contributed by atoms with van der Waals surface area (Å²) < 4.78 is 17.0. The van der Waals surface area contributed by atoms with Gasteiger partial charge in [-0.25, -0.2) is 4.48 Å². The van der Waals surface area contributed by atoms with Gasteiger partial charge in [0.15, 0.2) is 11.5 Å². The van der Waals surface area contributed by atoms with E-state index in [2.05, 4.69) is 15.2 Å². The molecule has 1 saturated heterocycles. The predicted molar refractivity (Wildman–Crippen MR) is 106 cm³/mol. The Morgan fingerprint density at radius 2 is 1.71 bits per heavy atom. The van der Waals surface area contributed by atoms with E-state index in [0.29, 0.717) is 21.7 Å². The second kappa shape index (κ2) is 7.01. The zero-order valence-electron chi connectivity index (χ0n) is 16.3. The third-order valence-electron chi connectivity index (χ3n) is 5.02. The minimum absolute atomic E-state index is 0.529. The van der Waals surface area contributed by atoms with Gasteiger partial charge in [-0.1, -0.05) is 0 Å². The van der Waals surface area contributed by atoms with Crippen LogP contribution in [-0.2, 0) is 0 Å². The Kier molecular flexibility index (Phi) is 4.52. The molecule has 2 aromatic heterocycles. The van der Waals surface area contributed by atoms with Crippen molar-refractivity contribution >= 4 is 23.3 Å². The van der Waals surface area contributed by atoms with Gasteiger partial charge in [-0.05, 0) is 6.07 Å². The summed E-state index contributed by atoms with van der Waals surface area (Å²) in [6.45, 7) is 1.80. The zero-order chi connectivity index (χ0) is 19.7. The molecule has 3 heterocycles. The molecule has 3 aromatic rings. The van der Waals surface area contributed by atoms with Crippen LogP contribution in [-0.4, -0.2) is 61.6 Å². The summed E-state index contributed by atoms with van der Waals surface area (Å²) >= 11 is 0. The Morgan fingerprint density at radius 3 is 2.25 bits per heavy atom. The smallest absolute Gasteiger partial charge is 0.336 e. The summed E-state index contributed by atoms with van der Waals surface area (Å²) in [5.74, 6) is 4.17. The molecule has 0 amide bonds. The first kappa shape index (κ1) is 18.1. The van der Waals surface area contributed by atoms with Crippen molar-refractivity contribution in [3.05, 3.63) is 36.7 Å². The maximum absolute atomic E-state index is 5.51. The van der Waals surface area contributed by atoms with Crippen molar-refractivity contribution in [1.82, 2.24) is 24.6 Å². The van der Waals surface area contributed by atoms with Crippen LogP contribution in [0.3, 0.4) is 0 Å². The molecule has 1 aliphatic rings. The van der Waals surface area contributed by atoms with E-state index in [-0.39, 0.29) is 0 Å². The standard InChI is InChI=1S/C19H23N6O3/c1-24(17-6-8-21-23-17)16-5-7-20-19(22-16)25(9-10-25)13-11-14(26-2)18(28-4)15(12-13)27-3/h5-8,11-12H,9-10H2,1-4H3,(H,21,23)/q+1. The fraction of sp³-hybridized carbons (Fsp3) is 0.316. The van der Waals surface area contributed by atoms with Crippen LogP contribution < -0.4 is 23.6 Å². The number of quaternary nitrogens is 1. The predicted octanol–water partition coefficient (Wildman–Crippen LogP) is 2.65. The van der Waals surface area contributed by atoms with E-state index in [0.717, 1.165) is 36.4 Å². The molecule has 0 aliphatic carbocycles. The lowest BCUT2D eigenvalue weighted by Crippen LogP contribution is -2.23. The van der Waals surface area contributed by atoms with Crippen LogP contribution in [0.15, 0.2) is 36.7 Å². The topological polar surface area (TPSA) is 85.4 Å². The van der Waals surface area contributed by atoms with E-state index in [4.69, 9.17) is 19.2 Å². The van der Waals surface area contributed by atoms with Crippen LogP contribution in [0.1, 0.15) is 0 Å². The SMILES string of the molecule is COc1cc([N+]2(c3nccc(N(C)c4ccn[nH]4)n3)CC2)cc(OC)c1OC. The summed E-state index contributed by atoms with van der Waals surface area (Å²) in [5, 5.41) is 6.95. The molecule has 9 heteroatoms. The average Bonchev–Trinajstić information content (AvgIpc) is 3.38. The quantitative estimate of drug-likeness (QED) is 0.496. The number of rotatable bonds is 7. The highest BCUT2D eigenvalue weighted by molar-refractivity contribution is 5.68. The molecule has 0 saturated carbocycles. The van der Waals surface area contributed by atoms with E-state index in [9.17, 15) is 0 Å². The molecular weight excluding hydrogens is 360 g/mol. The summed E-state index contributed by atoms with van der Waals surface area (Å²) in [4.78, 5) is 11.3. The normalized spacial score (nSPS) is 14.4. The van der Waals surface area contributed by atoms with Crippen molar-refractivity contribution in [3.63, 3.8) is 0 Å². The number of nitrogens with one attached hydrogen (secondary N) is 1. The summed E-state index contributed by atoms with van der Waals surface area (Å²) in [6.07, 6.45) is 3.49. The summed E-state index contributed by atoms with van der Waals surface area (Å²) in [7, 11) is 6.76. The number of methoxy groups -OCH3 is 3. The highest BCUT2D eigenvalue weighted by Crippen LogP contribution is 2.48. The number of hydrogen-bond acceptors (Lipinski definition) is 7. The maximum atomic E-state index is 5.51. The molecule has 0 atom stereocenters. The van der Waals surface area contributed by atoms with Crippen LogP contribution in [0.5, 0.6) is 17.2 Å². The zero-order valence-corrected chi connectivity index (χ0v) is 16.3. The summed E-state index contributed by atoms with van der Waals surface area (Å²) in [6, 6.07) is 7.69. The van der Waals surface area contributed by atoms with Gasteiger partial charge >= 0.3 is 5.95 Å². The first-order valence-corrected chi connectivity index (χ1v) is 8.87. The summed E-state index contributed by atoms with van der Waals surface area (Å²) in [5.41, 5.74) is 0.996. The minimum atomic E-state index is 0.529. The number of H-pyrrole nitrogens is 1. The Balaban J connectivity index is 1.75. The largest absolute Gasteiger partial charge is 0.492 e. The Hall–Kier alpha value is -3.33. The fourth-order valence-corrected chi connectivity index (χ4v) is 3.28. The molecule has 9 nitrogen and oxygen atoms in total. The van der Waals surface area contributed by atoms with E-state index >= 15 is 0 Å². The van der Waals surface area contributed by atoms with Gasteiger partial charge in [-0.15, -0.1) is 0 Å². The third-order valence-corrected chi connectivity index (χ3v) is 5.02. The van der Waals surface area contributed by atoms with Gasteiger partial charge in [-0.2, -0.15) is 15.1 Å². The minimum Gasteiger partial charge on any atom is -0.492 e. The van der Waals surface area contributed by atoms with Crippen LogP contribution in [0.2, 0.25) is 0 Å². The lowest BCUT2D eigenvalue weighted by Gasteiger charge is -2.20. The highest BCUT2D eigenvalue weighted by atomic mass is 16.5. The van der Waals surface area contributed by atoms with Gasteiger partial charge in [0.1, 0.15) is 30.4 Å². The number of aromatic nitrogens is 4. The molecule has 1 N–H and O–H groups in total. The fourth-order valence-electron chi connectivity index (χ4n) is 3.28. The second-order valence-electron chi connectivity index (χ2n) is 6.51. The number of anilines is 2. The van der Waals surface area contributed by atoms with Gasteiger partial charge in [0.2, 0.25) is 5.75 Å². The molecule has 0 bridgehead atoms. The van der Waals surface area contributed by atoms with E-state index < -0.39 is 0 Å². The monoisotopic (exact) mass is 383 g/mol. The van der Waals surface area contributed by atoms with E-state index in [1.54, 1.807) is 33.7 Å². The van der Waals surface area contributed by atoms with Crippen molar-refractivity contribution in [3.8, 4) is 17.2 Å². The molecule has 0 radical (unpaired) electrons. The van der Waals surface area contributed by atoms with Crippen molar-refractivity contribution in [2.45, 2.75) is 0 Å². The van der Waals surface area contributed by atoms with Crippen LogP contribution >= 0.6 is 0 Å². The molecular formula is C19H23N6O3+. The number of hydrogen-bond donors (Lipinski definition) is 1. The van der Waals surface area contributed by atoms with Crippen LogP contribution in [0.25, 0.3) is 0 Å². The van der Waals surface area contributed by atoms with E-state index in [1.165, 1.54) is 0 Å². The Labute approximate surface area is 163 Å². The van der Waals surface area contributed by atoms with Crippen molar-refractivity contribution in [1.29, 1.82) is 0 Å². The van der Waals surface area contributed by atoms with Crippen LogP contribution in [0.4, 0.5) is 23.3 Å². The molecule has 0 unspecified atom stereocenters. The second-order valence-corrected chi connectivity index (χ2v) is 6.51. The molecule has 146 valence electrons. The molecule has 28 heavy (non-hydrogen) atoms. The first-order valence-electron chi connectivity index (χ1n) is 8.87. The van der Waals surface area contributed by atoms with Gasteiger partial charge in [0.05, 0.1) is 27.5 Å². The lowest BCUT2D eigenvalue weighted by atomic mass is 10.2. The third kappa shape index (κ3) is 2.89. The maximum Gasteiger partial charge on any atom is 0.336 e. The molecule has 1 aromatic carbocycles. The highest BCUT2D eigenvalue weighted by Gasteiger charge is 2.51. The molecule has 1 aliphatic heterocycles. The van der Waals surface area contributed by atoms with Crippen molar-refractivity contribution in [2.75, 3.05) is 46.4 Å². The molecule has 4 rings (SSSR count). The van der Waals surface area contributed by atoms with Gasteiger partial charge in [0.25, 0.3) is 0 Å². The number of ether oxygens (including phenoxy) is 3. The van der Waals surface area contributed by atoms with Gasteiger partial charge in [0, 0.05) is 31.4 Å². The van der Waals surface area contributed by atoms with Gasteiger partial charge < -0.3 is 19.1 Å². The van der Waals surface area contributed by atoms with Gasteiger partial charge in [-0.3, -0.25) is 5.10 Å². The van der Waals surface area contributed by atoms with Crippen LogP contribution in [0, 0.1) is 0 Å². The molecule has 1 fully saturated rings. The van der Waals surface area contributed by atoms with E-state index in [1.807, 2.05) is 36.2 Å². The Bertz CT molecular complexity index is 947. The average molecular weight is 383 g/mol. The number of aromatic amines is 1.